The number of carbonyl (C=O) groups is 1. The Balaban J connectivity index is 2.71. The van der Waals surface area contributed by atoms with E-state index < -0.39 is 11.8 Å². The first-order valence-electron chi connectivity index (χ1n) is 4.98. The van der Waals surface area contributed by atoms with Crippen molar-refractivity contribution >= 4 is 37.8 Å². The van der Waals surface area contributed by atoms with Crippen LogP contribution in [0.2, 0.25) is 0 Å². The summed E-state index contributed by atoms with van der Waals surface area (Å²) >= 11 is 6.29. The highest BCUT2D eigenvalue weighted by atomic mass is 79.9. The topological polar surface area (TPSA) is 37.3 Å². The second-order valence-corrected chi connectivity index (χ2v) is 5.37. The average Bonchev–Trinajstić information content (AvgIpc) is 2.33. The molecular formula is C13H7Br2FO2. The van der Waals surface area contributed by atoms with Crippen LogP contribution in [0.25, 0.3) is 11.1 Å². The molecule has 0 fully saturated rings. The largest absolute Gasteiger partial charge is 0.478 e. The normalized spacial score (nSPS) is 10.4. The molecule has 18 heavy (non-hydrogen) atoms. The Hall–Kier alpha value is -1.20. The van der Waals surface area contributed by atoms with Crippen LogP contribution in [0.15, 0.2) is 45.3 Å². The molecule has 5 heteroatoms. The molecule has 0 saturated heterocycles. The smallest absolute Gasteiger partial charge is 0.336 e. The molecule has 0 radical (unpaired) electrons. The number of hydrogen-bond acceptors (Lipinski definition) is 1. The van der Waals surface area contributed by atoms with E-state index in [4.69, 9.17) is 5.11 Å². The van der Waals surface area contributed by atoms with Gasteiger partial charge in [-0.25, -0.2) is 9.18 Å². The number of carboxylic acid groups (broad SMARTS) is 1. The lowest BCUT2D eigenvalue weighted by Crippen LogP contribution is -2.00. The van der Waals surface area contributed by atoms with Gasteiger partial charge < -0.3 is 5.11 Å². The molecular weight excluding hydrogens is 367 g/mol. The van der Waals surface area contributed by atoms with E-state index in [1.54, 1.807) is 30.3 Å². The summed E-state index contributed by atoms with van der Waals surface area (Å²) in [6.45, 7) is 0. The van der Waals surface area contributed by atoms with E-state index in [0.29, 0.717) is 14.5 Å². The maximum absolute atomic E-state index is 14.0. The first kappa shape index (κ1) is 13.2. The summed E-state index contributed by atoms with van der Waals surface area (Å²) in [5, 5.41) is 9.16. The zero-order valence-corrected chi connectivity index (χ0v) is 12.1. The summed E-state index contributed by atoms with van der Waals surface area (Å²) in [5.74, 6) is -1.56. The monoisotopic (exact) mass is 372 g/mol. The fraction of sp³-hybridized carbons (Fsp3) is 0. The fourth-order valence-corrected chi connectivity index (χ4v) is 2.37. The van der Waals surface area contributed by atoms with E-state index in [0.717, 1.165) is 0 Å². The minimum atomic E-state index is -1.09. The quantitative estimate of drug-likeness (QED) is 0.827. The van der Waals surface area contributed by atoms with E-state index in [1.807, 2.05) is 0 Å². The molecule has 0 bridgehead atoms. The standard InChI is InChI=1S/C13H7Br2FO2/c14-7-4-5-8(10(6-7)13(17)18)9-2-1-3-11(15)12(9)16/h1-6H,(H,17,18). The molecule has 0 saturated carbocycles. The van der Waals surface area contributed by atoms with Gasteiger partial charge >= 0.3 is 5.97 Å². The van der Waals surface area contributed by atoms with Crippen molar-refractivity contribution in [1.29, 1.82) is 0 Å². The van der Waals surface area contributed by atoms with Crippen molar-refractivity contribution in [3.63, 3.8) is 0 Å². The van der Waals surface area contributed by atoms with Crippen molar-refractivity contribution < 1.29 is 14.3 Å². The van der Waals surface area contributed by atoms with E-state index in [9.17, 15) is 9.18 Å². The number of aromatic carboxylic acids is 1. The summed E-state index contributed by atoms with van der Waals surface area (Å²) in [6.07, 6.45) is 0. The van der Waals surface area contributed by atoms with E-state index >= 15 is 0 Å². The molecule has 0 heterocycles. The number of halogens is 3. The molecule has 0 aliphatic heterocycles. The van der Waals surface area contributed by atoms with Crippen LogP contribution in [0.5, 0.6) is 0 Å². The number of benzene rings is 2. The third kappa shape index (κ3) is 2.47. The molecule has 0 aliphatic rings. The van der Waals surface area contributed by atoms with Gasteiger partial charge in [0.2, 0.25) is 0 Å². The van der Waals surface area contributed by atoms with Crippen molar-refractivity contribution in [2.24, 2.45) is 0 Å². The predicted molar refractivity (Wildman–Crippen MR) is 74.2 cm³/mol. The Labute approximate surface area is 120 Å². The highest BCUT2D eigenvalue weighted by Gasteiger charge is 2.16. The SMILES string of the molecule is O=C(O)c1cc(Br)ccc1-c1cccc(Br)c1F. The maximum Gasteiger partial charge on any atom is 0.336 e. The third-order valence-electron chi connectivity index (χ3n) is 2.45. The lowest BCUT2D eigenvalue weighted by atomic mass is 9.99. The zero-order chi connectivity index (χ0) is 13.3. The summed E-state index contributed by atoms with van der Waals surface area (Å²) in [5.41, 5.74) is 0.667. The van der Waals surface area contributed by atoms with Crippen LogP contribution in [0, 0.1) is 5.82 Å². The van der Waals surface area contributed by atoms with Crippen molar-refractivity contribution in [3.05, 3.63) is 56.7 Å². The summed E-state index contributed by atoms with van der Waals surface area (Å²) in [6, 6.07) is 9.50. The van der Waals surface area contributed by atoms with Crippen molar-refractivity contribution in [2.75, 3.05) is 0 Å². The highest BCUT2D eigenvalue weighted by molar-refractivity contribution is 9.10. The fourth-order valence-electron chi connectivity index (χ4n) is 1.64. The molecule has 2 aromatic carbocycles. The Morgan fingerprint density at radius 3 is 2.50 bits per heavy atom. The number of carboxylic acids is 1. The van der Waals surface area contributed by atoms with Gasteiger partial charge in [0, 0.05) is 10.0 Å². The van der Waals surface area contributed by atoms with Gasteiger partial charge in [0.1, 0.15) is 5.82 Å². The van der Waals surface area contributed by atoms with Gasteiger partial charge in [-0.2, -0.15) is 0 Å². The van der Waals surface area contributed by atoms with Gasteiger partial charge in [-0.1, -0.05) is 34.1 Å². The van der Waals surface area contributed by atoms with E-state index in [-0.39, 0.29) is 11.1 Å². The molecule has 0 amide bonds. The van der Waals surface area contributed by atoms with Gasteiger partial charge in [0.05, 0.1) is 10.0 Å². The summed E-state index contributed by atoms with van der Waals surface area (Å²) in [7, 11) is 0. The molecule has 0 unspecified atom stereocenters. The van der Waals surface area contributed by atoms with Crippen molar-refractivity contribution in [2.45, 2.75) is 0 Å². The second-order valence-electron chi connectivity index (χ2n) is 3.60. The molecule has 2 rings (SSSR count). The Bertz CT molecular complexity index is 626. The molecule has 0 spiro atoms. The van der Waals surface area contributed by atoms with E-state index in [2.05, 4.69) is 31.9 Å². The minimum Gasteiger partial charge on any atom is -0.478 e. The molecule has 2 nitrogen and oxygen atoms in total. The predicted octanol–water partition coefficient (Wildman–Crippen LogP) is 4.72. The molecule has 0 aromatic heterocycles. The van der Waals surface area contributed by atoms with Crippen molar-refractivity contribution in [1.82, 2.24) is 0 Å². The van der Waals surface area contributed by atoms with Gasteiger partial charge in [-0.15, -0.1) is 0 Å². The van der Waals surface area contributed by atoms with Gasteiger partial charge in [0.25, 0.3) is 0 Å². The number of rotatable bonds is 2. The van der Waals surface area contributed by atoms with Crippen LogP contribution >= 0.6 is 31.9 Å². The molecule has 0 aliphatic carbocycles. The zero-order valence-electron chi connectivity index (χ0n) is 8.95. The molecule has 92 valence electrons. The maximum atomic E-state index is 14.0. The second kappa shape index (κ2) is 5.20. The van der Waals surface area contributed by atoms with Crippen LogP contribution in [0.3, 0.4) is 0 Å². The van der Waals surface area contributed by atoms with Crippen LogP contribution in [0.4, 0.5) is 4.39 Å². The Kier molecular flexibility index (Phi) is 3.82. The van der Waals surface area contributed by atoms with Gasteiger partial charge in [-0.3, -0.25) is 0 Å². The van der Waals surface area contributed by atoms with Crippen LogP contribution in [0.1, 0.15) is 10.4 Å². The number of hydrogen-bond donors (Lipinski definition) is 1. The highest BCUT2D eigenvalue weighted by Crippen LogP contribution is 2.31. The molecule has 0 atom stereocenters. The summed E-state index contributed by atoms with van der Waals surface area (Å²) < 4.78 is 14.9. The van der Waals surface area contributed by atoms with Crippen LogP contribution in [-0.2, 0) is 0 Å². The Morgan fingerprint density at radius 1 is 1.11 bits per heavy atom. The molecule has 1 N–H and O–H groups in total. The molecule has 2 aromatic rings. The Morgan fingerprint density at radius 2 is 1.83 bits per heavy atom. The average molecular weight is 374 g/mol. The van der Waals surface area contributed by atoms with Crippen LogP contribution < -0.4 is 0 Å². The first-order chi connectivity index (χ1) is 8.50. The summed E-state index contributed by atoms with van der Waals surface area (Å²) in [4.78, 5) is 11.2. The minimum absolute atomic E-state index is 0.0568. The lowest BCUT2D eigenvalue weighted by molar-refractivity contribution is 0.0697. The lowest BCUT2D eigenvalue weighted by Gasteiger charge is -2.09. The van der Waals surface area contributed by atoms with Crippen LogP contribution in [-0.4, -0.2) is 11.1 Å². The van der Waals surface area contributed by atoms with Gasteiger partial charge in [0.15, 0.2) is 0 Å². The van der Waals surface area contributed by atoms with Crippen molar-refractivity contribution in [3.8, 4) is 11.1 Å². The van der Waals surface area contributed by atoms with E-state index in [1.165, 1.54) is 6.07 Å². The third-order valence-corrected chi connectivity index (χ3v) is 3.56. The van der Waals surface area contributed by atoms with Gasteiger partial charge in [-0.05, 0) is 39.7 Å². The first-order valence-corrected chi connectivity index (χ1v) is 6.56.